The number of benzene rings is 1. The molecule has 0 aromatic heterocycles. The highest BCUT2D eigenvalue weighted by molar-refractivity contribution is 7.87. The van der Waals surface area contributed by atoms with Crippen molar-refractivity contribution in [1.29, 1.82) is 0 Å². The van der Waals surface area contributed by atoms with Crippen LogP contribution in [0.4, 0.5) is 39.5 Å². The third kappa shape index (κ3) is 5.26. The summed E-state index contributed by atoms with van der Waals surface area (Å²) in [5.41, 5.74) is 0.956. The van der Waals surface area contributed by atoms with Gasteiger partial charge in [0.2, 0.25) is 0 Å². The van der Waals surface area contributed by atoms with Gasteiger partial charge in [0.1, 0.15) is 0 Å². The standard InChI is InChI=1S/C7H8O3S.C4HF9O3S/c1-6-2-4-7(5-3-6)11(8,9)10;5-1(6,3(9,10)11)2(7,8)4(12,13)17(14,15)16/h2-5H,1H3,(H,8,9,10);(H,14,15,16). The summed E-state index contributed by atoms with van der Waals surface area (Å²) in [5, 5.41) is -7.00. The summed E-state index contributed by atoms with van der Waals surface area (Å²) in [6, 6.07) is 5.99. The van der Waals surface area contributed by atoms with E-state index in [9.17, 15) is 56.3 Å². The van der Waals surface area contributed by atoms with E-state index in [0.29, 0.717) is 0 Å². The van der Waals surface area contributed by atoms with Gasteiger partial charge in [0.15, 0.2) is 0 Å². The molecule has 164 valence electrons. The van der Waals surface area contributed by atoms with Crippen molar-refractivity contribution < 1.29 is 65.5 Å². The molecular weight excluding hydrogens is 463 g/mol. The quantitative estimate of drug-likeness (QED) is 0.513. The number of alkyl halides is 9. The van der Waals surface area contributed by atoms with Crippen molar-refractivity contribution in [2.24, 2.45) is 0 Å². The van der Waals surface area contributed by atoms with E-state index in [1.807, 2.05) is 6.92 Å². The second kappa shape index (κ2) is 7.68. The predicted molar refractivity (Wildman–Crippen MR) is 73.4 cm³/mol. The van der Waals surface area contributed by atoms with Gasteiger partial charge in [0.05, 0.1) is 4.90 Å². The third-order valence-corrected chi connectivity index (χ3v) is 4.53. The van der Waals surface area contributed by atoms with Crippen LogP contribution in [0.25, 0.3) is 0 Å². The Morgan fingerprint density at radius 3 is 1.32 bits per heavy atom. The average molecular weight is 472 g/mol. The first kappa shape index (κ1) is 26.4. The molecule has 1 aromatic rings. The molecule has 0 aliphatic heterocycles. The van der Waals surface area contributed by atoms with Crippen LogP contribution < -0.4 is 0 Å². The van der Waals surface area contributed by atoms with E-state index in [0.717, 1.165) is 5.56 Å². The average Bonchev–Trinajstić information content (AvgIpc) is 2.44. The zero-order valence-electron chi connectivity index (χ0n) is 13.1. The summed E-state index contributed by atoms with van der Waals surface area (Å²) in [7, 11) is -11.2. The summed E-state index contributed by atoms with van der Waals surface area (Å²) in [4.78, 5) is -0.0666. The highest BCUT2D eigenvalue weighted by Gasteiger charge is 2.85. The SMILES string of the molecule is Cc1ccc(S(=O)(=O)O)cc1.O=S(=O)(O)C(F)(F)C(F)(F)C(F)(F)C(F)(F)F. The van der Waals surface area contributed by atoms with Gasteiger partial charge in [0.25, 0.3) is 10.1 Å². The van der Waals surface area contributed by atoms with Crippen molar-refractivity contribution in [2.45, 2.75) is 35.1 Å². The molecule has 0 saturated heterocycles. The first-order chi connectivity index (χ1) is 12.0. The molecule has 0 amide bonds. The van der Waals surface area contributed by atoms with E-state index in [1.165, 1.54) is 12.1 Å². The minimum absolute atomic E-state index is 0.0666. The molecule has 0 heterocycles. The molecule has 0 unspecified atom stereocenters. The van der Waals surface area contributed by atoms with Crippen LogP contribution in [0.5, 0.6) is 0 Å². The van der Waals surface area contributed by atoms with E-state index in [1.54, 1.807) is 12.1 Å². The zero-order chi connectivity index (χ0) is 23.0. The molecule has 0 aliphatic carbocycles. The second-order valence-electron chi connectivity index (χ2n) is 4.93. The zero-order valence-corrected chi connectivity index (χ0v) is 14.7. The number of aryl methyl sites for hydroxylation is 1. The van der Waals surface area contributed by atoms with Gasteiger partial charge in [-0.2, -0.15) is 56.3 Å². The van der Waals surface area contributed by atoms with E-state index in [-0.39, 0.29) is 4.90 Å². The van der Waals surface area contributed by atoms with Crippen LogP contribution in [0, 0.1) is 6.92 Å². The van der Waals surface area contributed by atoms with Crippen LogP contribution in [-0.4, -0.2) is 49.2 Å². The number of halogens is 9. The fourth-order valence-electron chi connectivity index (χ4n) is 1.23. The summed E-state index contributed by atoms with van der Waals surface area (Å²) < 4.78 is 163. The van der Waals surface area contributed by atoms with Gasteiger partial charge in [-0.3, -0.25) is 9.11 Å². The Bertz CT molecular complexity index is 889. The minimum Gasteiger partial charge on any atom is -0.282 e. The molecule has 2 N–H and O–H groups in total. The summed E-state index contributed by atoms with van der Waals surface area (Å²) >= 11 is 0. The van der Waals surface area contributed by atoms with Gasteiger partial charge in [-0.15, -0.1) is 0 Å². The Hall–Kier alpha value is -1.59. The van der Waals surface area contributed by atoms with Gasteiger partial charge in [-0.05, 0) is 19.1 Å². The second-order valence-corrected chi connectivity index (χ2v) is 7.81. The molecule has 0 radical (unpaired) electrons. The van der Waals surface area contributed by atoms with Gasteiger partial charge in [0, 0.05) is 0 Å². The lowest BCUT2D eigenvalue weighted by atomic mass is 10.1. The van der Waals surface area contributed by atoms with Crippen molar-refractivity contribution in [3.05, 3.63) is 29.8 Å². The Kier molecular flexibility index (Phi) is 7.24. The van der Waals surface area contributed by atoms with Crippen molar-refractivity contribution in [3.8, 4) is 0 Å². The van der Waals surface area contributed by atoms with Crippen LogP contribution in [0.2, 0.25) is 0 Å². The normalized spacial score (nSPS) is 14.3. The van der Waals surface area contributed by atoms with Crippen LogP contribution in [0.15, 0.2) is 29.2 Å². The molecule has 0 fully saturated rings. The van der Waals surface area contributed by atoms with Crippen molar-refractivity contribution in [1.82, 2.24) is 0 Å². The molecule has 0 saturated carbocycles. The van der Waals surface area contributed by atoms with E-state index < -0.39 is 43.5 Å². The Morgan fingerprint density at radius 2 is 1.07 bits per heavy atom. The van der Waals surface area contributed by atoms with Crippen LogP contribution in [0.1, 0.15) is 5.56 Å². The molecule has 1 rings (SSSR count). The highest BCUT2D eigenvalue weighted by atomic mass is 32.2. The van der Waals surface area contributed by atoms with E-state index >= 15 is 0 Å². The molecule has 28 heavy (non-hydrogen) atoms. The minimum atomic E-state index is -7.37. The molecule has 0 aliphatic rings. The van der Waals surface area contributed by atoms with Gasteiger partial charge >= 0.3 is 33.4 Å². The first-order valence-corrected chi connectivity index (χ1v) is 9.09. The molecule has 0 bridgehead atoms. The maximum atomic E-state index is 12.2. The van der Waals surface area contributed by atoms with Crippen molar-refractivity contribution in [3.63, 3.8) is 0 Å². The molecule has 0 spiro atoms. The third-order valence-electron chi connectivity index (χ3n) is 2.76. The summed E-state index contributed by atoms with van der Waals surface area (Å²) in [6.45, 7) is 1.84. The number of hydrogen-bond donors (Lipinski definition) is 2. The molecule has 0 atom stereocenters. The van der Waals surface area contributed by atoms with Crippen molar-refractivity contribution in [2.75, 3.05) is 0 Å². The maximum absolute atomic E-state index is 12.2. The molecule has 17 heteroatoms. The molecule has 6 nitrogen and oxygen atoms in total. The largest absolute Gasteiger partial charge is 0.460 e. The maximum Gasteiger partial charge on any atom is 0.460 e. The van der Waals surface area contributed by atoms with E-state index in [4.69, 9.17) is 9.11 Å². The highest BCUT2D eigenvalue weighted by Crippen LogP contribution is 2.54. The first-order valence-electron chi connectivity index (χ1n) is 6.21. The predicted octanol–water partition coefficient (Wildman–Crippen LogP) is 3.54. The molecular formula is C11H9F9O6S2. The lowest BCUT2D eigenvalue weighted by Crippen LogP contribution is -2.63. The van der Waals surface area contributed by atoms with Gasteiger partial charge in [-0.1, -0.05) is 17.7 Å². The topological polar surface area (TPSA) is 109 Å². The summed E-state index contributed by atoms with van der Waals surface area (Å²) in [6.07, 6.45) is -7.13. The van der Waals surface area contributed by atoms with E-state index in [2.05, 4.69) is 0 Å². The fourth-order valence-corrected chi connectivity index (χ4v) is 2.17. The monoisotopic (exact) mass is 472 g/mol. The smallest absolute Gasteiger partial charge is 0.282 e. The van der Waals surface area contributed by atoms with Crippen LogP contribution in [-0.2, 0) is 20.2 Å². The summed E-state index contributed by atoms with van der Waals surface area (Å²) in [5.74, 6) is -14.7. The Balaban J connectivity index is 0.000000567. The van der Waals surface area contributed by atoms with Crippen molar-refractivity contribution >= 4 is 20.2 Å². The van der Waals surface area contributed by atoms with Gasteiger partial charge < -0.3 is 0 Å². The number of hydrogen-bond acceptors (Lipinski definition) is 4. The Morgan fingerprint density at radius 1 is 0.714 bits per heavy atom. The fraction of sp³-hybridized carbons (Fsp3) is 0.455. The molecule has 1 aromatic carbocycles. The lowest BCUT2D eigenvalue weighted by molar-refractivity contribution is -0.382. The lowest BCUT2D eigenvalue weighted by Gasteiger charge is -2.31. The van der Waals surface area contributed by atoms with Gasteiger partial charge in [-0.25, -0.2) is 0 Å². The number of rotatable bonds is 4. The Labute approximate surface area is 151 Å². The van der Waals surface area contributed by atoms with Crippen LogP contribution >= 0.6 is 0 Å². The van der Waals surface area contributed by atoms with Crippen LogP contribution in [0.3, 0.4) is 0 Å².